The Kier molecular flexibility index (Phi) is 6.30. The van der Waals surface area contributed by atoms with Crippen LogP contribution in [-0.2, 0) is 4.79 Å². The van der Waals surface area contributed by atoms with Crippen molar-refractivity contribution in [3.8, 4) is 6.07 Å². The third-order valence-corrected chi connectivity index (χ3v) is 5.29. The van der Waals surface area contributed by atoms with Crippen LogP contribution in [0.5, 0.6) is 0 Å². The molecule has 0 radical (unpaired) electrons. The molecule has 25 heavy (non-hydrogen) atoms. The number of rotatable bonds is 4. The van der Waals surface area contributed by atoms with Crippen LogP contribution in [0.3, 0.4) is 0 Å². The first-order valence-electron chi connectivity index (χ1n) is 9.52. The highest BCUT2D eigenvalue weighted by atomic mass is 16.2. The average Bonchev–Trinajstić information content (AvgIpc) is 2.88. The molecule has 1 aliphatic heterocycles. The molecule has 1 amide bonds. The molecule has 1 saturated carbocycles. The van der Waals surface area contributed by atoms with E-state index in [1.54, 1.807) is 0 Å². The maximum Gasteiger partial charge on any atom is 0.234 e. The Bertz CT molecular complexity index is 618. The summed E-state index contributed by atoms with van der Waals surface area (Å²) in [5.74, 6) is 0.165. The van der Waals surface area contributed by atoms with E-state index in [9.17, 15) is 10.1 Å². The predicted molar refractivity (Wildman–Crippen MR) is 99.4 cm³/mol. The van der Waals surface area contributed by atoms with Gasteiger partial charge < -0.3 is 10.2 Å². The molecule has 5 nitrogen and oxygen atoms in total. The number of benzene rings is 1. The van der Waals surface area contributed by atoms with Gasteiger partial charge in [0.1, 0.15) is 6.07 Å². The van der Waals surface area contributed by atoms with Crippen molar-refractivity contribution in [2.24, 2.45) is 0 Å². The smallest absolute Gasteiger partial charge is 0.234 e. The van der Waals surface area contributed by atoms with Gasteiger partial charge in [0, 0.05) is 32.2 Å². The summed E-state index contributed by atoms with van der Waals surface area (Å²) >= 11 is 0. The molecule has 1 aromatic rings. The molecule has 1 aliphatic carbocycles. The van der Waals surface area contributed by atoms with Crippen LogP contribution in [0.4, 0.5) is 5.69 Å². The Balaban J connectivity index is 1.51. The van der Waals surface area contributed by atoms with Gasteiger partial charge in [-0.25, -0.2) is 0 Å². The monoisotopic (exact) mass is 340 g/mol. The van der Waals surface area contributed by atoms with E-state index in [4.69, 9.17) is 0 Å². The first-order chi connectivity index (χ1) is 12.3. The van der Waals surface area contributed by atoms with Gasteiger partial charge in [-0.05, 0) is 31.4 Å². The van der Waals surface area contributed by atoms with Crippen LogP contribution in [0.1, 0.15) is 44.1 Å². The fourth-order valence-corrected chi connectivity index (χ4v) is 3.94. The summed E-state index contributed by atoms with van der Waals surface area (Å²) in [5, 5.41) is 12.5. The van der Waals surface area contributed by atoms with E-state index < -0.39 is 0 Å². The summed E-state index contributed by atoms with van der Waals surface area (Å²) in [6.45, 7) is 4.07. The largest absolute Gasteiger partial charge is 0.369 e. The van der Waals surface area contributed by atoms with Crippen molar-refractivity contribution < 1.29 is 4.79 Å². The molecule has 2 fully saturated rings. The van der Waals surface area contributed by atoms with Gasteiger partial charge in [-0.3, -0.25) is 9.69 Å². The van der Waals surface area contributed by atoms with Gasteiger partial charge in [0.15, 0.2) is 0 Å². The van der Waals surface area contributed by atoms with E-state index in [-0.39, 0.29) is 5.91 Å². The summed E-state index contributed by atoms with van der Waals surface area (Å²) in [6.07, 6.45) is 7.05. The fraction of sp³-hybridized carbons (Fsp3) is 0.600. The zero-order chi connectivity index (χ0) is 17.5. The van der Waals surface area contributed by atoms with Gasteiger partial charge >= 0.3 is 0 Å². The lowest BCUT2D eigenvalue weighted by atomic mass is 9.95. The molecule has 5 heteroatoms. The Hall–Kier alpha value is -2.06. The van der Waals surface area contributed by atoms with Gasteiger partial charge in [0.05, 0.1) is 17.8 Å². The summed E-state index contributed by atoms with van der Waals surface area (Å²) in [4.78, 5) is 16.9. The van der Waals surface area contributed by atoms with Gasteiger partial charge in [0.2, 0.25) is 5.91 Å². The van der Waals surface area contributed by atoms with E-state index in [1.807, 2.05) is 24.3 Å². The number of hydrogen-bond acceptors (Lipinski definition) is 4. The molecule has 0 bridgehead atoms. The van der Waals surface area contributed by atoms with Crippen molar-refractivity contribution in [1.29, 1.82) is 5.26 Å². The minimum absolute atomic E-state index is 0.165. The first-order valence-corrected chi connectivity index (χ1v) is 9.52. The van der Waals surface area contributed by atoms with Gasteiger partial charge in [0.25, 0.3) is 0 Å². The van der Waals surface area contributed by atoms with Crippen LogP contribution in [0.2, 0.25) is 0 Å². The standard InChI is InChI=1S/C20H28N4O/c21-15-17-7-4-5-10-19(17)24-12-6-11-23(13-14-24)16-20(25)22-18-8-2-1-3-9-18/h4-5,7,10,18H,1-3,6,8-9,11-14,16H2,(H,22,25). The average molecular weight is 340 g/mol. The lowest BCUT2D eigenvalue weighted by molar-refractivity contribution is -0.123. The topological polar surface area (TPSA) is 59.4 Å². The molecule has 0 unspecified atom stereocenters. The molecule has 2 aliphatic rings. The van der Waals surface area contributed by atoms with E-state index >= 15 is 0 Å². The maximum atomic E-state index is 12.3. The summed E-state index contributed by atoms with van der Waals surface area (Å²) in [7, 11) is 0. The quantitative estimate of drug-likeness (QED) is 0.915. The lowest BCUT2D eigenvalue weighted by Gasteiger charge is -2.26. The maximum absolute atomic E-state index is 12.3. The SMILES string of the molecule is N#Cc1ccccc1N1CCCN(CC(=O)NC2CCCCC2)CC1. The molecule has 1 heterocycles. The van der Waals surface area contributed by atoms with Crippen LogP contribution < -0.4 is 10.2 Å². The van der Waals surface area contributed by atoms with E-state index in [0.717, 1.165) is 56.7 Å². The minimum Gasteiger partial charge on any atom is -0.369 e. The summed E-state index contributed by atoms with van der Waals surface area (Å²) in [6, 6.07) is 10.4. The van der Waals surface area contributed by atoms with Crippen molar-refractivity contribution in [3.05, 3.63) is 29.8 Å². The number of anilines is 1. The van der Waals surface area contributed by atoms with Crippen LogP contribution in [-0.4, -0.2) is 49.6 Å². The zero-order valence-corrected chi connectivity index (χ0v) is 14.9. The minimum atomic E-state index is 0.165. The molecule has 3 rings (SSSR count). The third-order valence-electron chi connectivity index (χ3n) is 5.29. The number of carbonyl (C=O) groups is 1. The normalized spacial score (nSPS) is 19.9. The zero-order valence-electron chi connectivity index (χ0n) is 14.9. The van der Waals surface area contributed by atoms with Crippen LogP contribution in [0, 0.1) is 11.3 Å². The molecule has 1 saturated heterocycles. The molecule has 0 atom stereocenters. The van der Waals surface area contributed by atoms with Crippen molar-refractivity contribution in [2.75, 3.05) is 37.6 Å². The van der Waals surface area contributed by atoms with Crippen molar-refractivity contribution in [1.82, 2.24) is 10.2 Å². The van der Waals surface area contributed by atoms with Crippen LogP contribution in [0.15, 0.2) is 24.3 Å². The first kappa shape index (κ1) is 17.8. The Morgan fingerprint density at radius 3 is 2.68 bits per heavy atom. The predicted octanol–water partition coefficient (Wildman–Crippen LogP) is 2.52. The van der Waals surface area contributed by atoms with E-state index in [2.05, 4.69) is 21.2 Å². The highest BCUT2D eigenvalue weighted by Gasteiger charge is 2.21. The molecule has 1 N–H and O–H groups in total. The molecule has 0 spiro atoms. The van der Waals surface area contributed by atoms with Gasteiger partial charge in [-0.2, -0.15) is 5.26 Å². The number of hydrogen-bond donors (Lipinski definition) is 1. The molecule has 0 aromatic heterocycles. The second kappa shape index (κ2) is 8.87. The highest BCUT2D eigenvalue weighted by molar-refractivity contribution is 5.78. The van der Waals surface area contributed by atoms with E-state index in [1.165, 1.54) is 19.3 Å². The molecular formula is C20H28N4O. The van der Waals surface area contributed by atoms with Crippen molar-refractivity contribution in [2.45, 2.75) is 44.6 Å². The highest BCUT2D eigenvalue weighted by Crippen LogP contribution is 2.21. The number of para-hydroxylation sites is 1. The van der Waals surface area contributed by atoms with Crippen LogP contribution in [0.25, 0.3) is 0 Å². The third kappa shape index (κ3) is 4.96. The van der Waals surface area contributed by atoms with Crippen LogP contribution >= 0.6 is 0 Å². The molecule has 134 valence electrons. The lowest BCUT2D eigenvalue weighted by Crippen LogP contribution is -2.43. The van der Waals surface area contributed by atoms with Crippen molar-refractivity contribution >= 4 is 11.6 Å². The Labute approximate surface area is 150 Å². The molecular weight excluding hydrogens is 312 g/mol. The number of nitrogens with one attached hydrogen (secondary N) is 1. The fourth-order valence-electron chi connectivity index (χ4n) is 3.94. The number of carbonyl (C=O) groups excluding carboxylic acids is 1. The second-order valence-electron chi connectivity index (χ2n) is 7.15. The second-order valence-corrected chi connectivity index (χ2v) is 7.15. The molecule has 1 aromatic carbocycles. The van der Waals surface area contributed by atoms with E-state index in [0.29, 0.717) is 12.6 Å². The number of nitrogens with zero attached hydrogens (tertiary/aromatic N) is 3. The van der Waals surface area contributed by atoms with Gasteiger partial charge in [-0.15, -0.1) is 0 Å². The summed E-state index contributed by atoms with van der Waals surface area (Å²) < 4.78 is 0. The number of amides is 1. The Morgan fingerprint density at radius 1 is 1.08 bits per heavy atom. The number of nitriles is 1. The summed E-state index contributed by atoms with van der Waals surface area (Å²) in [5.41, 5.74) is 1.74. The Morgan fingerprint density at radius 2 is 1.88 bits per heavy atom. The van der Waals surface area contributed by atoms with Crippen molar-refractivity contribution in [3.63, 3.8) is 0 Å². The van der Waals surface area contributed by atoms with Gasteiger partial charge in [-0.1, -0.05) is 31.4 Å².